The number of nitrogens with one attached hydrogen (secondary N) is 1. The van der Waals surface area contributed by atoms with E-state index in [1.165, 1.54) is 11.3 Å². The molecule has 0 bridgehead atoms. The molecule has 3 heteroatoms. The fourth-order valence-electron chi connectivity index (χ4n) is 1.86. The molecule has 0 radical (unpaired) electrons. The molecule has 0 saturated heterocycles. The van der Waals surface area contributed by atoms with Crippen LogP contribution < -0.4 is 11.1 Å². The Balaban J connectivity index is 2.68. The Bertz CT molecular complexity index is 350. The molecule has 3 N–H and O–H groups in total. The van der Waals surface area contributed by atoms with Crippen LogP contribution in [0, 0.1) is 11.8 Å². The fourth-order valence-corrected chi connectivity index (χ4v) is 2.27. The normalized spacial score (nSPS) is 12.8. The molecule has 0 amide bonds. The van der Waals surface area contributed by atoms with E-state index in [1.807, 2.05) is 0 Å². The maximum Gasteiger partial charge on any atom is 0.0373 e. The zero-order valence-corrected chi connectivity index (χ0v) is 12.5. The maximum absolute atomic E-state index is 5.79. The van der Waals surface area contributed by atoms with Crippen LogP contribution >= 0.6 is 15.9 Å². The lowest BCUT2D eigenvalue weighted by atomic mass is 9.96. The Morgan fingerprint density at radius 3 is 2.59 bits per heavy atom. The second-order valence-corrected chi connectivity index (χ2v) is 5.69. The Labute approximate surface area is 113 Å². The lowest BCUT2D eigenvalue weighted by Crippen LogP contribution is -2.27. The Hall–Kier alpha value is -0.540. The highest BCUT2D eigenvalue weighted by Crippen LogP contribution is 2.22. The van der Waals surface area contributed by atoms with Crippen molar-refractivity contribution < 1.29 is 0 Å². The molecule has 2 nitrogen and oxygen atoms in total. The van der Waals surface area contributed by atoms with Gasteiger partial charge in [0, 0.05) is 16.7 Å². The van der Waals surface area contributed by atoms with Crippen LogP contribution in [-0.4, -0.2) is 13.1 Å². The van der Waals surface area contributed by atoms with Crippen molar-refractivity contribution in [3.8, 4) is 0 Å². The van der Waals surface area contributed by atoms with Crippen molar-refractivity contribution in [1.82, 2.24) is 0 Å². The second-order valence-electron chi connectivity index (χ2n) is 4.78. The molecule has 1 unspecified atom stereocenters. The fraction of sp³-hybridized carbons (Fsp3) is 0.571. The van der Waals surface area contributed by atoms with Gasteiger partial charge in [-0.2, -0.15) is 0 Å². The largest absolute Gasteiger partial charge is 0.384 e. The van der Waals surface area contributed by atoms with Crippen molar-refractivity contribution in [3.05, 3.63) is 28.2 Å². The summed E-state index contributed by atoms with van der Waals surface area (Å²) in [4.78, 5) is 0. The molecule has 1 atom stereocenters. The van der Waals surface area contributed by atoms with Gasteiger partial charge >= 0.3 is 0 Å². The van der Waals surface area contributed by atoms with Gasteiger partial charge in [0.25, 0.3) is 0 Å². The maximum atomic E-state index is 5.79. The van der Waals surface area contributed by atoms with Crippen LogP contribution in [0.15, 0.2) is 22.7 Å². The molecule has 0 heterocycles. The summed E-state index contributed by atoms with van der Waals surface area (Å²) < 4.78 is 1.14. The number of halogens is 1. The number of benzene rings is 1. The Morgan fingerprint density at radius 1 is 1.35 bits per heavy atom. The minimum absolute atomic E-state index is 0.531. The van der Waals surface area contributed by atoms with Crippen LogP contribution in [0.3, 0.4) is 0 Å². The van der Waals surface area contributed by atoms with E-state index in [9.17, 15) is 0 Å². The summed E-state index contributed by atoms with van der Waals surface area (Å²) >= 11 is 3.51. The summed E-state index contributed by atoms with van der Waals surface area (Å²) in [7, 11) is 0. The second kappa shape index (κ2) is 7.02. The van der Waals surface area contributed by atoms with Gasteiger partial charge in [-0.25, -0.2) is 0 Å². The Kier molecular flexibility index (Phi) is 6.00. The van der Waals surface area contributed by atoms with E-state index in [0.29, 0.717) is 11.8 Å². The summed E-state index contributed by atoms with van der Waals surface area (Å²) in [5, 5.41) is 3.52. The van der Waals surface area contributed by atoms with Crippen molar-refractivity contribution in [3.63, 3.8) is 0 Å². The number of hydrogen-bond acceptors (Lipinski definition) is 2. The monoisotopic (exact) mass is 298 g/mol. The highest BCUT2D eigenvalue weighted by Gasteiger charge is 2.11. The molecule has 0 aliphatic rings. The van der Waals surface area contributed by atoms with E-state index in [1.54, 1.807) is 0 Å². The van der Waals surface area contributed by atoms with Gasteiger partial charge in [-0.1, -0.05) is 36.7 Å². The molecule has 96 valence electrons. The van der Waals surface area contributed by atoms with Gasteiger partial charge in [0.1, 0.15) is 0 Å². The average molecular weight is 299 g/mol. The van der Waals surface area contributed by atoms with Crippen LogP contribution in [0.25, 0.3) is 0 Å². The average Bonchev–Trinajstić information content (AvgIpc) is 2.31. The van der Waals surface area contributed by atoms with Crippen LogP contribution in [0.2, 0.25) is 0 Å². The third-order valence-electron chi connectivity index (χ3n) is 3.25. The molecule has 1 aromatic carbocycles. The molecule has 0 aliphatic heterocycles. The first-order chi connectivity index (χ1) is 8.08. The lowest BCUT2D eigenvalue weighted by Gasteiger charge is -2.21. The standard InChI is InChI=1S/C14H23BrN2/c1-4-11-7-13(15)5-6-14(11)17-9-12(8-16)10(2)3/h5-7,10,12,17H,4,8-9,16H2,1-3H3. The van der Waals surface area contributed by atoms with Gasteiger partial charge in [0.05, 0.1) is 0 Å². The Morgan fingerprint density at radius 2 is 2.06 bits per heavy atom. The quantitative estimate of drug-likeness (QED) is 0.841. The molecule has 17 heavy (non-hydrogen) atoms. The number of hydrogen-bond donors (Lipinski definition) is 2. The first-order valence-corrected chi connectivity index (χ1v) is 7.10. The SMILES string of the molecule is CCc1cc(Br)ccc1NCC(CN)C(C)C. The van der Waals surface area contributed by atoms with Crippen molar-refractivity contribution in [2.24, 2.45) is 17.6 Å². The molecular weight excluding hydrogens is 276 g/mol. The van der Waals surface area contributed by atoms with Crippen LogP contribution in [0.4, 0.5) is 5.69 Å². The molecule has 0 spiro atoms. The molecule has 0 saturated carbocycles. The third kappa shape index (κ3) is 4.32. The van der Waals surface area contributed by atoms with E-state index >= 15 is 0 Å². The molecule has 1 aromatic rings. The zero-order chi connectivity index (χ0) is 12.8. The van der Waals surface area contributed by atoms with E-state index in [4.69, 9.17) is 5.73 Å². The number of aryl methyl sites for hydroxylation is 1. The molecular formula is C14H23BrN2. The van der Waals surface area contributed by atoms with Gasteiger partial charge in [-0.05, 0) is 48.6 Å². The summed E-state index contributed by atoms with van der Waals surface area (Å²) in [6.07, 6.45) is 1.04. The predicted octanol–water partition coefficient (Wildman–Crippen LogP) is 3.65. The number of anilines is 1. The highest BCUT2D eigenvalue weighted by molar-refractivity contribution is 9.10. The van der Waals surface area contributed by atoms with E-state index < -0.39 is 0 Å². The van der Waals surface area contributed by atoms with Gasteiger partial charge in [-0.3, -0.25) is 0 Å². The van der Waals surface area contributed by atoms with E-state index in [2.05, 4.69) is 60.2 Å². The number of nitrogens with two attached hydrogens (primary N) is 1. The molecule has 0 aliphatic carbocycles. The molecule has 0 aromatic heterocycles. The number of rotatable bonds is 6. The first kappa shape index (κ1) is 14.5. The van der Waals surface area contributed by atoms with Crippen LogP contribution in [0.5, 0.6) is 0 Å². The summed E-state index contributed by atoms with van der Waals surface area (Å²) in [5.41, 5.74) is 8.36. The topological polar surface area (TPSA) is 38.0 Å². The van der Waals surface area contributed by atoms with Gasteiger partial charge in [0.15, 0.2) is 0 Å². The van der Waals surface area contributed by atoms with Crippen molar-refractivity contribution >= 4 is 21.6 Å². The van der Waals surface area contributed by atoms with Crippen molar-refractivity contribution in [2.45, 2.75) is 27.2 Å². The van der Waals surface area contributed by atoms with E-state index in [-0.39, 0.29) is 0 Å². The first-order valence-electron chi connectivity index (χ1n) is 6.30. The minimum atomic E-state index is 0.531. The lowest BCUT2D eigenvalue weighted by molar-refractivity contribution is 0.413. The zero-order valence-electron chi connectivity index (χ0n) is 11.0. The van der Waals surface area contributed by atoms with E-state index in [0.717, 1.165) is 24.0 Å². The highest BCUT2D eigenvalue weighted by atomic mass is 79.9. The van der Waals surface area contributed by atoms with Gasteiger partial charge in [-0.15, -0.1) is 0 Å². The molecule has 0 fully saturated rings. The van der Waals surface area contributed by atoms with Crippen molar-refractivity contribution in [1.29, 1.82) is 0 Å². The van der Waals surface area contributed by atoms with Crippen LogP contribution in [0.1, 0.15) is 26.3 Å². The smallest absolute Gasteiger partial charge is 0.0373 e. The third-order valence-corrected chi connectivity index (χ3v) is 3.74. The summed E-state index contributed by atoms with van der Waals surface area (Å²) in [6, 6.07) is 6.39. The molecule has 1 rings (SSSR count). The summed E-state index contributed by atoms with van der Waals surface area (Å²) in [6.45, 7) is 8.31. The summed E-state index contributed by atoms with van der Waals surface area (Å²) in [5.74, 6) is 1.15. The van der Waals surface area contributed by atoms with Gasteiger partial charge < -0.3 is 11.1 Å². The predicted molar refractivity (Wildman–Crippen MR) is 79.4 cm³/mol. The van der Waals surface area contributed by atoms with Gasteiger partial charge in [0.2, 0.25) is 0 Å². The van der Waals surface area contributed by atoms with Crippen molar-refractivity contribution in [2.75, 3.05) is 18.4 Å². The minimum Gasteiger partial charge on any atom is -0.384 e. The van der Waals surface area contributed by atoms with Crippen LogP contribution in [-0.2, 0) is 6.42 Å².